The van der Waals surface area contributed by atoms with Crippen molar-refractivity contribution in [2.45, 2.75) is 19.4 Å². The van der Waals surface area contributed by atoms with Crippen molar-refractivity contribution in [3.05, 3.63) is 65.7 Å². The number of hydrogen-bond donors (Lipinski definition) is 2. The van der Waals surface area contributed by atoms with Crippen LogP contribution in [0.1, 0.15) is 17.5 Å². The molecule has 0 aromatic heterocycles. The summed E-state index contributed by atoms with van der Waals surface area (Å²) in [6.07, 6.45) is 2.15. The molecule has 0 aliphatic rings. The highest BCUT2D eigenvalue weighted by Gasteiger charge is 1.97. The SMILES string of the molecule is Nc1ccccc1CCCNCc1ccccc1. The van der Waals surface area contributed by atoms with E-state index in [1.54, 1.807) is 0 Å². The van der Waals surface area contributed by atoms with Gasteiger partial charge in [0.15, 0.2) is 0 Å². The second kappa shape index (κ2) is 6.82. The molecule has 0 bridgehead atoms. The van der Waals surface area contributed by atoms with Gasteiger partial charge >= 0.3 is 0 Å². The van der Waals surface area contributed by atoms with Crippen LogP contribution in [-0.4, -0.2) is 6.54 Å². The van der Waals surface area contributed by atoms with E-state index in [1.807, 2.05) is 24.3 Å². The Morgan fingerprint density at radius 1 is 0.889 bits per heavy atom. The second-order valence-electron chi connectivity index (χ2n) is 4.46. The number of anilines is 1. The Labute approximate surface area is 109 Å². The number of para-hydroxylation sites is 1. The Morgan fingerprint density at radius 3 is 2.39 bits per heavy atom. The van der Waals surface area contributed by atoms with Gasteiger partial charge in [0.1, 0.15) is 0 Å². The quantitative estimate of drug-likeness (QED) is 0.601. The average molecular weight is 240 g/mol. The zero-order valence-electron chi connectivity index (χ0n) is 10.6. The third kappa shape index (κ3) is 3.90. The van der Waals surface area contributed by atoms with E-state index >= 15 is 0 Å². The molecule has 0 aliphatic heterocycles. The molecule has 0 saturated heterocycles. The maximum absolute atomic E-state index is 5.91. The molecule has 2 nitrogen and oxygen atoms in total. The molecule has 0 amide bonds. The lowest BCUT2D eigenvalue weighted by Gasteiger charge is -2.06. The van der Waals surface area contributed by atoms with Crippen molar-refractivity contribution in [3.63, 3.8) is 0 Å². The number of rotatable bonds is 6. The van der Waals surface area contributed by atoms with Crippen LogP contribution >= 0.6 is 0 Å². The lowest BCUT2D eigenvalue weighted by Crippen LogP contribution is -2.15. The molecule has 2 aromatic carbocycles. The minimum Gasteiger partial charge on any atom is -0.399 e. The van der Waals surface area contributed by atoms with Gasteiger partial charge in [0.25, 0.3) is 0 Å². The number of nitrogens with one attached hydrogen (secondary N) is 1. The monoisotopic (exact) mass is 240 g/mol. The van der Waals surface area contributed by atoms with Crippen molar-refractivity contribution in [3.8, 4) is 0 Å². The molecule has 0 radical (unpaired) electrons. The van der Waals surface area contributed by atoms with Crippen molar-refractivity contribution < 1.29 is 0 Å². The number of nitrogens with two attached hydrogens (primary N) is 1. The zero-order chi connectivity index (χ0) is 12.6. The summed E-state index contributed by atoms with van der Waals surface area (Å²) in [7, 11) is 0. The maximum Gasteiger partial charge on any atom is 0.0346 e. The average Bonchev–Trinajstić information content (AvgIpc) is 2.42. The number of aryl methyl sites for hydroxylation is 1. The fraction of sp³-hybridized carbons (Fsp3) is 0.250. The molecule has 2 rings (SSSR count). The molecule has 3 N–H and O–H groups in total. The van der Waals surface area contributed by atoms with Gasteiger partial charge in [-0.3, -0.25) is 0 Å². The van der Waals surface area contributed by atoms with Gasteiger partial charge in [-0.1, -0.05) is 48.5 Å². The Bertz CT molecular complexity index is 466. The van der Waals surface area contributed by atoms with E-state index in [1.165, 1.54) is 11.1 Å². The highest BCUT2D eigenvalue weighted by atomic mass is 14.8. The van der Waals surface area contributed by atoms with Crippen LogP contribution in [0.3, 0.4) is 0 Å². The van der Waals surface area contributed by atoms with Crippen molar-refractivity contribution in [2.75, 3.05) is 12.3 Å². The highest BCUT2D eigenvalue weighted by Crippen LogP contribution is 2.12. The second-order valence-corrected chi connectivity index (χ2v) is 4.46. The first kappa shape index (κ1) is 12.7. The Kier molecular flexibility index (Phi) is 4.79. The van der Waals surface area contributed by atoms with E-state index in [2.05, 4.69) is 35.6 Å². The summed E-state index contributed by atoms with van der Waals surface area (Å²) in [5.74, 6) is 0. The molecule has 18 heavy (non-hydrogen) atoms. The number of hydrogen-bond acceptors (Lipinski definition) is 2. The summed E-state index contributed by atoms with van der Waals surface area (Å²) in [5.41, 5.74) is 9.39. The summed E-state index contributed by atoms with van der Waals surface area (Å²) in [6.45, 7) is 1.95. The van der Waals surface area contributed by atoms with E-state index < -0.39 is 0 Å². The fourth-order valence-electron chi connectivity index (χ4n) is 1.99. The van der Waals surface area contributed by atoms with Crippen molar-refractivity contribution >= 4 is 5.69 Å². The summed E-state index contributed by atoms with van der Waals surface area (Å²) >= 11 is 0. The van der Waals surface area contributed by atoms with E-state index in [9.17, 15) is 0 Å². The van der Waals surface area contributed by atoms with Crippen LogP contribution in [0.15, 0.2) is 54.6 Å². The van der Waals surface area contributed by atoms with Crippen LogP contribution in [0.25, 0.3) is 0 Å². The minimum absolute atomic E-state index is 0.903. The Morgan fingerprint density at radius 2 is 1.61 bits per heavy atom. The number of benzene rings is 2. The van der Waals surface area contributed by atoms with E-state index in [0.29, 0.717) is 0 Å². The summed E-state index contributed by atoms with van der Waals surface area (Å²) in [5, 5.41) is 3.45. The standard InChI is InChI=1S/C16H20N2/c17-16-11-5-4-9-15(16)10-6-12-18-13-14-7-2-1-3-8-14/h1-5,7-9,11,18H,6,10,12-13,17H2. The molecule has 0 fully saturated rings. The lowest BCUT2D eigenvalue weighted by atomic mass is 10.1. The summed E-state index contributed by atoms with van der Waals surface area (Å²) in [6, 6.07) is 18.6. The molecule has 0 aliphatic carbocycles. The molecule has 2 aromatic rings. The molecule has 2 heteroatoms. The van der Waals surface area contributed by atoms with Gasteiger partial charge in [0.2, 0.25) is 0 Å². The largest absolute Gasteiger partial charge is 0.399 e. The first-order valence-corrected chi connectivity index (χ1v) is 6.44. The van der Waals surface area contributed by atoms with Gasteiger partial charge in [-0.25, -0.2) is 0 Å². The zero-order valence-corrected chi connectivity index (χ0v) is 10.6. The van der Waals surface area contributed by atoms with Gasteiger partial charge in [0.05, 0.1) is 0 Å². The molecular weight excluding hydrogens is 220 g/mol. The maximum atomic E-state index is 5.91. The highest BCUT2D eigenvalue weighted by molar-refractivity contribution is 5.46. The van der Waals surface area contributed by atoms with Crippen LogP contribution < -0.4 is 11.1 Å². The first-order valence-electron chi connectivity index (χ1n) is 6.44. The van der Waals surface area contributed by atoms with Crippen LogP contribution in [-0.2, 0) is 13.0 Å². The van der Waals surface area contributed by atoms with Crippen LogP contribution in [0, 0.1) is 0 Å². The number of nitrogen functional groups attached to an aromatic ring is 1. The van der Waals surface area contributed by atoms with E-state index in [-0.39, 0.29) is 0 Å². The van der Waals surface area contributed by atoms with Crippen molar-refractivity contribution in [2.24, 2.45) is 0 Å². The van der Waals surface area contributed by atoms with E-state index in [4.69, 9.17) is 5.73 Å². The molecule has 0 saturated carbocycles. The molecular formula is C16H20N2. The molecule has 0 atom stereocenters. The molecule has 94 valence electrons. The molecule has 0 spiro atoms. The van der Waals surface area contributed by atoms with Gasteiger partial charge < -0.3 is 11.1 Å². The van der Waals surface area contributed by atoms with Crippen LogP contribution in [0.4, 0.5) is 5.69 Å². The third-order valence-corrected chi connectivity index (χ3v) is 3.03. The predicted molar refractivity (Wildman–Crippen MR) is 77.3 cm³/mol. The summed E-state index contributed by atoms with van der Waals surface area (Å²) < 4.78 is 0. The fourth-order valence-corrected chi connectivity index (χ4v) is 1.99. The van der Waals surface area contributed by atoms with Gasteiger partial charge in [-0.2, -0.15) is 0 Å². The van der Waals surface area contributed by atoms with Crippen molar-refractivity contribution in [1.29, 1.82) is 0 Å². The van der Waals surface area contributed by atoms with Crippen LogP contribution in [0.2, 0.25) is 0 Å². The smallest absolute Gasteiger partial charge is 0.0346 e. The minimum atomic E-state index is 0.903. The van der Waals surface area contributed by atoms with Gasteiger partial charge in [-0.15, -0.1) is 0 Å². The van der Waals surface area contributed by atoms with Gasteiger partial charge in [-0.05, 0) is 36.6 Å². The third-order valence-electron chi connectivity index (χ3n) is 3.03. The Hall–Kier alpha value is -1.80. The van der Waals surface area contributed by atoms with E-state index in [0.717, 1.165) is 31.6 Å². The topological polar surface area (TPSA) is 38.0 Å². The first-order chi connectivity index (χ1) is 8.86. The van der Waals surface area contributed by atoms with Crippen molar-refractivity contribution in [1.82, 2.24) is 5.32 Å². The predicted octanol–water partition coefficient (Wildman–Crippen LogP) is 2.99. The molecule has 0 unspecified atom stereocenters. The van der Waals surface area contributed by atoms with Gasteiger partial charge in [0, 0.05) is 12.2 Å². The molecule has 0 heterocycles. The lowest BCUT2D eigenvalue weighted by molar-refractivity contribution is 0.650. The summed E-state index contributed by atoms with van der Waals surface area (Å²) in [4.78, 5) is 0. The Balaban J connectivity index is 1.66. The van der Waals surface area contributed by atoms with Crippen LogP contribution in [0.5, 0.6) is 0 Å². The normalized spacial score (nSPS) is 10.4.